The van der Waals surface area contributed by atoms with Gasteiger partial charge in [-0.2, -0.15) is 0 Å². The maximum atomic E-state index is 13.1. The second-order valence-corrected chi connectivity index (χ2v) is 5.62. The average molecular weight is 327 g/mol. The van der Waals surface area contributed by atoms with Crippen LogP contribution in [-0.4, -0.2) is 24.5 Å². The number of carbonyl (C=O) groups excluding carboxylic acids is 2. The summed E-state index contributed by atoms with van der Waals surface area (Å²) in [6.45, 7) is 0.768. The van der Waals surface area contributed by atoms with Crippen molar-refractivity contribution in [1.29, 1.82) is 0 Å². The fourth-order valence-electron chi connectivity index (χ4n) is 2.72. The van der Waals surface area contributed by atoms with Crippen molar-refractivity contribution in [1.82, 2.24) is 10.6 Å². The number of hydrogen-bond acceptors (Lipinski definition) is 2. The van der Waals surface area contributed by atoms with Gasteiger partial charge in [0, 0.05) is 18.8 Å². The Morgan fingerprint density at radius 2 is 1.96 bits per heavy atom. The van der Waals surface area contributed by atoms with Crippen LogP contribution in [0.4, 0.5) is 14.9 Å². The Bertz CT molecular complexity index is 736. The number of carbonyl (C=O) groups is 2. The summed E-state index contributed by atoms with van der Waals surface area (Å²) in [5.74, 6) is -0.471. The number of nitrogens with zero attached hydrogens (tertiary/aromatic N) is 1. The second-order valence-electron chi connectivity index (χ2n) is 5.62. The number of urea groups is 1. The molecule has 2 N–H and O–H groups in total. The number of benzene rings is 2. The highest BCUT2D eigenvalue weighted by molar-refractivity contribution is 6.01. The maximum Gasteiger partial charge on any atom is 0.315 e. The van der Waals surface area contributed by atoms with E-state index in [1.54, 1.807) is 17.0 Å². The Labute approximate surface area is 139 Å². The third-order valence-electron chi connectivity index (χ3n) is 3.92. The van der Waals surface area contributed by atoms with Crippen LogP contribution in [-0.2, 0) is 11.3 Å². The zero-order valence-corrected chi connectivity index (χ0v) is 13.0. The molecule has 5 nitrogen and oxygen atoms in total. The van der Waals surface area contributed by atoms with Crippen molar-refractivity contribution < 1.29 is 14.0 Å². The largest absolute Gasteiger partial charge is 0.334 e. The van der Waals surface area contributed by atoms with E-state index in [1.807, 2.05) is 30.3 Å². The fraction of sp³-hybridized carbons (Fsp3) is 0.222. The maximum absolute atomic E-state index is 13.1. The number of anilines is 1. The highest BCUT2D eigenvalue weighted by Crippen LogP contribution is 2.20. The van der Waals surface area contributed by atoms with Crippen LogP contribution in [0.2, 0.25) is 0 Å². The van der Waals surface area contributed by atoms with Crippen LogP contribution < -0.4 is 15.5 Å². The van der Waals surface area contributed by atoms with Gasteiger partial charge in [-0.15, -0.1) is 0 Å². The molecule has 1 saturated heterocycles. The van der Waals surface area contributed by atoms with Gasteiger partial charge in [-0.05, 0) is 36.2 Å². The van der Waals surface area contributed by atoms with Crippen LogP contribution in [0.25, 0.3) is 0 Å². The zero-order chi connectivity index (χ0) is 16.9. The predicted octanol–water partition coefficient (Wildman–Crippen LogP) is 2.43. The Kier molecular flexibility index (Phi) is 4.74. The summed E-state index contributed by atoms with van der Waals surface area (Å²) < 4.78 is 13.1. The number of para-hydroxylation sites is 1. The van der Waals surface area contributed by atoms with Gasteiger partial charge in [0.05, 0.1) is 0 Å². The topological polar surface area (TPSA) is 61.4 Å². The van der Waals surface area contributed by atoms with Crippen molar-refractivity contribution in [2.45, 2.75) is 19.0 Å². The molecule has 2 aromatic carbocycles. The molecular formula is C18H18FN3O2. The molecule has 3 rings (SSSR count). The minimum absolute atomic E-state index is 0.123. The van der Waals surface area contributed by atoms with Crippen molar-refractivity contribution in [3.63, 3.8) is 0 Å². The summed E-state index contributed by atoms with van der Waals surface area (Å²) >= 11 is 0. The van der Waals surface area contributed by atoms with E-state index in [9.17, 15) is 14.0 Å². The van der Waals surface area contributed by atoms with E-state index in [0.717, 1.165) is 5.69 Å². The number of halogens is 1. The van der Waals surface area contributed by atoms with Gasteiger partial charge in [0.2, 0.25) is 5.91 Å². The molecule has 1 fully saturated rings. The monoisotopic (exact) mass is 327 g/mol. The van der Waals surface area contributed by atoms with E-state index in [1.165, 1.54) is 12.1 Å². The van der Waals surface area contributed by atoms with Crippen LogP contribution in [0.5, 0.6) is 0 Å². The minimum atomic E-state index is -0.544. The van der Waals surface area contributed by atoms with Gasteiger partial charge >= 0.3 is 6.03 Å². The van der Waals surface area contributed by atoms with Crippen LogP contribution in [0.3, 0.4) is 0 Å². The van der Waals surface area contributed by atoms with Crippen molar-refractivity contribution >= 4 is 17.6 Å². The number of amides is 3. The lowest BCUT2D eigenvalue weighted by atomic mass is 10.2. The molecule has 1 aliphatic heterocycles. The summed E-state index contributed by atoms with van der Waals surface area (Å²) in [6, 6.07) is 14.4. The van der Waals surface area contributed by atoms with Crippen molar-refractivity contribution in [2.75, 3.05) is 11.4 Å². The van der Waals surface area contributed by atoms with Gasteiger partial charge in [0.15, 0.2) is 0 Å². The molecule has 24 heavy (non-hydrogen) atoms. The first-order valence-electron chi connectivity index (χ1n) is 7.79. The van der Waals surface area contributed by atoms with Gasteiger partial charge in [-0.1, -0.05) is 30.3 Å². The van der Waals surface area contributed by atoms with E-state index >= 15 is 0 Å². The molecular weight excluding hydrogens is 309 g/mol. The van der Waals surface area contributed by atoms with Gasteiger partial charge < -0.3 is 15.5 Å². The normalized spacial score (nSPS) is 17.0. The van der Waals surface area contributed by atoms with Crippen LogP contribution in [0.15, 0.2) is 54.6 Å². The lowest BCUT2D eigenvalue weighted by Crippen LogP contribution is -2.45. The molecule has 0 radical (unpaired) electrons. The van der Waals surface area contributed by atoms with Crippen LogP contribution in [0, 0.1) is 5.82 Å². The first-order chi connectivity index (χ1) is 11.6. The Balaban J connectivity index is 1.53. The molecule has 1 atom stereocenters. The molecule has 3 amide bonds. The third-order valence-corrected chi connectivity index (χ3v) is 3.92. The molecule has 0 aliphatic carbocycles. The summed E-state index contributed by atoms with van der Waals surface area (Å²) in [4.78, 5) is 26.0. The molecule has 0 aromatic heterocycles. The lowest BCUT2D eigenvalue weighted by molar-refractivity contribution is -0.118. The van der Waals surface area contributed by atoms with Crippen molar-refractivity contribution in [2.24, 2.45) is 0 Å². The molecule has 1 aliphatic rings. The van der Waals surface area contributed by atoms with Gasteiger partial charge in [0.1, 0.15) is 11.9 Å². The highest BCUT2D eigenvalue weighted by Gasteiger charge is 2.33. The molecule has 1 heterocycles. The number of rotatable bonds is 4. The molecule has 2 aromatic rings. The van der Waals surface area contributed by atoms with Gasteiger partial charge in [0.25, 0.3) is 0 Å². The molecule has 0 unspecified atom stereocenters. The molecule has 124 valence electrons. The van der Waals surface area contributed by atoms with E-state index < -0.39 is 12.1 Å². The van der Waals surface area contributed by atoms with Gasteiger partial charge in [-0.25, -0.2) is 9.18 Å². The summed E-state index contributed by atoms with van der Waals surface area (Å²) in [6.07, 6.45) is 0.557. The highest BCUT2D eigenvalue weighted by atomic mass is 19.1. The number of hydrogen-bond donors (Lipinski definition) is 2. The molecule has 0 spiro atoms. The summed E-state index contributed by atoms with van der Waals surface area (Å²) in [5.41, 5.74) is 1.49. The van der Waals surface area contributed by atoms with Crippen LogP contribution in [0.1, 0.15) is 12.0 Å². The van der Waals surface area contributed by atoms with E-state index in [4.69, 9.17) is 0 Å². The van der Waals surface area contributed by atoms with E-state index in [0.29, 0.717) is 18.5 Å². The third kappa shape index (κ3) is 3.71. The molecule has 0 bridgehead atoms. The number of nitrogens with one attached hydrogen (secondary N) is 2. The first kappa shape index (κ1) is 16.0. The first-order valence-corrected chi connectivity index (χ1v) is 7.79. The Morgan fingerprint density at radius 3 is 2.71 bits per heavy atom. The van der Waals surface area contributed by atoms with Crippen LogP contribution >= 0.6 is 0 Å². The predicted molar refractivity (Wildman–Crippen MR) is 89.0 cm³/mol. The quantitative estimate of drug-likeness (QED) is 0.906. The van der Waals surface area contributed by atoms with E-state index in [-0.39, 0.29) is 18.3 Å². The fourth-order valence-corrected chi connectivity index (χ4v) is 2.72. The van der Waals surface area contributed by atoms with Gasteiger partial charge in [-0.3, -0.25) is 4.79 Å². The standard InChI is InChI=1S/C18H18FN3O2/c19-14-6-4-5-13(11-14)12-20-18(24)21-16-9-10-22(17(16)23)15-7-2-1-3-8-15/h1-8,11,16H,9-10,12H2,(H2,20,21,24)/t16-/m0/s1. The Morgan fingerprint density at radius 1 is 1.17 bits per heavy atom. The Hall–Kier alpha value is -2.89. The van der Waals surface area contributed by atoms with E-state index in [2.05, 4.69) is 10.6 Å². The average Bonchev–Trinajstić information content (AvgIpc) is 2.95. The SMILES string of the molecule is O=C(NCc1cccc(F)c1)N[C@H]1CCN(c2ccccc2)C1=O. The summed E-state index contributed by atoms with van der Waals surface area (Å²) in [7, 11) is 0. The van der Waals surface area contributed by atoms with Crippen molar-refractivity contribution in [3.8, 4) is 0 Å². The zero-order valence-electron chi connectivity index (χ0n) is 13.0. The van der Waals surface area contributed by atoms with Crippen molar-refractivity contribution in [3.05, 3.63) is 66.0 Å². The summed E-state index contributed by atoms with van der Waals surface area (Å²) in [5, 5.41) is 5.32. The smallest absolute Gasteiger partial charge is 0.315 e. The minimum Gasteiger partial charge on any atom is -0.334 e. The second kappa shape index (κ2) is 7.12. The molecule has 0 saturated carbocycles. The lowest BCUT2D eigenvalue weighted by Gasteiger charge is -2.17. The molecule has 6 heteroatoms.